The van der Waals surface area contributed by atoms with Crippen molar-refractivity contribution < 1.29 is 14.7 Å². The minimum Gasteiger partial charge on any atom is -0.479 e. The van der Waals surface area contributed by atoms with Gasteiger partial charge >= 0.3 is 5.97 Å². The van der Waals surface area contributed by atoms with Crippen molar-refractivity contribution >= 4 is 11.9 Å². The summed E-state index contributed by atoms with van der Waals surface area (Å²) in [5.41, 5.74) is -0.909. The fourth-order valence-corrected chi connectivity index (χ4v) is 4.95. The number of carbonyl (C=O) groups excluding carboxylic acids is 1. The third kappa shape index (κ3) is 1.95. The van der Waals surface area contributed by atoms with Crippen LogP contribution in [0.5, 0.6) is 0 Å². The van der Waals surface area contributed by atoms with Crippen LogP contribution in [0.3, 0.4) is 0 Å². The van der Waals surface area contributed by atoms with E-state index in [9.17, 15) is 14.7 Å². The van der Waals surface area contributed by atoms with E-state index in [2.05, 4.69) is 0 Å². The lowest BCUT2D eigenvalue weighted by Crippen LogP contribution is -2.55. The number of aliphatic carboxylic acids is 1. The number of fused-ring (bicyclic) bond motifs is 2. The Hall–Kier alpha value is -1.06. The Bertz CT molecular complexity index is 422. The molecule has 1 N–H and O–H groups in total. The van der Waals surface area contributed by atoms with Gasteiger partial charge in [-0.3, -0.25) is 4.79 Å². The number of carboxylic acids is 1. The number of hydrogen-bond donors (Lipinski definition) is 1. The normalized spacial score (nSPS) is 39.5. The summed E-state index contributed by atoms with van der Waals surface area (Å²) in [5, 5.41) is 9.69. The van der Waals surface area contributed by atoms with Crippen molar-refractivity contribution in [1.29, 1.82) is 0 Å². The molecule has 4 heteroatoms. The number of amides is 1. The number of nitrogens with zero attached hydrogens (tertiary/aromatic N) is 1. The highest BCUT2D eigenvalue weighted by molar-refractivity contribution is 5.89. The van der Waals surface area contributed by atoms with Crippen molar-refractivity contribution in [3.8, 4) is 0 Å². The quantitative estimate of drug-likeness (QED) is 0.860. The largest absolute Gasteiger partial charge is 0.479 e. The molecule has 0 aromatic heterocycles. The molecule has 1 saturated heterocycles. The van der Waals surface area contributed by atoms with E-state index in [4.69, 9.17) is 0 Å². The third-order valence-electron chi connectivity index (χ3n) is 5.87. The molecular formula is C16H25NO3. The van der Waals surface area contributed by atoms with E-state index in [-0.39, 0.29) is 11.8 Å². The smallest absolute Gasteiger partial charge is 0.329 e. The van der Waals surface area contributed by atoms with E-state index >= 15 is 0 Å². The van der Waals surface area contributed by atoms with Gasteiger partial charge in [-0.2, -0.15) is 0 Å². The first kappa shape index (κ1) is 13.9. The number of rotatable bonds is 4. The number of hydrogen-bond acceptors (Lipinski definition) is 2. The standard InChI is InChI=1S/C16H25NO3/c1-2-6-16(15(19)20)7-3-8-17(16)14(18)13-10-11-4-5-12(13)9-11/h11-13H,2-10H2,1H3,(H,19,20). The van der Waals surface area contributed by atoms with Crippen LogP contribution in [0.2, 0.25) is 0 Å². The van der Waals surface area contributed by atoms with Crippen molar-refractivity contribution in [1.82, 2.24) is 4.90 Å². The van der Waals surface area contributed by atoms with Crippen LogP contribution in [-0.4, -0.2) is 34.0 Å². The SMILES string of the molecule is CCCC1(C(=O)O)CCCN1C(=O)C1CC2CCC1C2. The second kappa shape index (κ2) is 5.05. The molecule has 0 spiro atoms. The van der Waals surface area contributed by atoms with E-state index in [1.165, 1.54) is 19.3 Å². The Kier molecular flexibility index (Phi) is 3.51. The molecule has 4 nitrogen and oxygen atoms in total. The van der Waals surface area contributed by atoms with Gasteiger partial charge in [0.25, 0.3) is 0 Å². The first-order valence-corrected chi connectivity index (χ1v) is 8.13. The zero-order valence-corrected chi connectivity index (χ0v) is 12.3. The molecule has 2 bridgehead atoms. The number of carbonyl (C=O) groups is 2. The van der Waals surface area contributed by atoms with Crippen molar-refractivity contribution in [2.75, 3.05) is 6.54 Å². The summed E-state index contributed by atoms with van der Waals surface area (Å²) >= 11 is 0. The Morgan fingerprint density at radius 2 is 2.10 bits per heavy atom. The maximum atomic E-state index is 12.9. The van der Waals surface area contributed by atoms with E-state index in [1.807, 2.05) is 6.92 Å². The molecule has 1 aliphatic heterocycles. The Labute approximate surface area is 120 Å². The predicted molar refractivity (Wildman–Crippen MR) is 75.2 cm³/mol. The van der Waals surface area contributed by atoms with Crippen molar-refractivity contribution in [2.45, 2.75) is 63.8 Å². The second-order valence-corrected chi connectivity index (χ2v) is 6.96. The third-order valence-corrected chi connectivity index (χ3v) is 5.87. The van der Waals surface area contributed by atoms with Crippen LogP contribution >= 0.6 is 0 Å². The molecule has 2 aliphatic carbocycles. The van der Waals surface area contributed by atoms with Gasteiger partial charge in [0.1, 0.15) is 5.54 Å². The molecule has 0 radical (unpaired) electrons. The summed E-state index contributed by atoms with van der Waals surface area (Å²) < 4.78 is 0. The van der Waals surface area contributed by atoms with Crippen LogP contribution in [0.15, 0.2) is 0 Å². The topological polar surface area (TPSA) is 57.6 Å². The minimum atomic E-state index is -0.909. The highest BCUT2D eigenvalue weighted by Gasteiger charge is 2.53. The van der Waals surface area contributed by atoms with Gasteiger partial charge in [0.2, 0.25) is 5.91 Å². The zero-order valence-electron chi connectivity index (χ0n) is 12.3. The van der Waals surface area contributed by atoms with Crippen LogP contribution in [-0.2, 0) is 9.59 Å². The summed E-state index contributed by atoms with van der Waals surface area (Å²) in [6.07, 6.45) is 7.50. The molecule has 3 aliphatic rings. The Morgan fingerprint density at radius 3 is 2.65 bits per heavy atom. The molecule has 1 heterocycles. The van der Waals surface area contributed by atoms with Gasteiger partial charge in [-0.25, -0.2) is 4.79 Å². The molecule has 112 valence electrons. The first-order chi connectivity index (χ1) is 9.58. The van der Waals surface area contributed by atoms with Crippen LogP contribution in [0.25, 0.3) is 0 Å². The van der Waals surface area contributed by atoms with Gasteiger partial charge in [-0.05, 0) is 50.4 Å². The summed E-state index contributed by atoms with van der Waals surface area (Å²) in [5.74, 6) is 0.713. The van der Waals surface area contributed by atoms with Crippen LogP contribution in [0.1, 0.15) is 58.3 Å². The predicted octanol–water partition coefficient (Wildman–Crippen LogP) is 2.67. The summed E-state index contributed by atoms with van der Waals surface area (Å²) in [6.45, 7) is 2.64. The summed E-state index contributed by atoms with van der Waals surface area (Å²) in [6, 6.07) is 0. The Balaban J connectivity index is 1.80. The second-order valence-electron chi connectivity index (χ2n) is 6.96. The molecule has 1 amide bonds. The van der Waals surface area contributed by atoms with Crippen LogP contribution in [0, 0.1) is 17.8 Å². The Morgan fingerprint density at radius 1 is 1.30 bits per heavy atom. The van der Waals surface area contributed by atoms with Crippen LogP contribution in [0.4, 0.5) is 0 Å². The lowest BCUT2D eigenvalue weighted by atomic mass is 9.85. The molecule has 3 rings (SSSR count). The van der Waals surface area contributed by atoms with Gasteiger partial charge in [-0.15, -0.1) is 0 Å². The van der Waals surface area contributed by atoms with Crippen molar-refractivity contribution in [3.05, 3.63) is 0 Å². The molecular weight excluding hydrogens is 254 g/mol. The fourth-order valence-electron chi connectivity index (χ4n) is 4.95. The molecule has 2 saturated carbocycles. The average molecular weight is 279 g/mol. The first-order valence-electron chi connectivity index (χ1n) is 8.13. The highest BCUT2D eigenvalue weighted by Crippen LogP contribution is 2.50. The van der Waals surface area contributed by atoms with Gasteiger partial charge in [0.05, 0.1) is 0 Å². The molecule has 4 unspecified atom stereocenters. The van der Waals surface area contributed by atoms with E-state index in [0.29, 0.717) is 25.3 Å². The van der Waals surface area contributed by atoms with Crippen LogP contribution < -0.4 is 0 Å². The number of carboxylic acid groups (broad SMARTS) is 1. The molecule has 4 atom stereocenters. The van der Waals surface area contributed by atoms with E-state index in [0.717, 1.165) is 25.2 Å². The maximum absolute atomic E-state index is 12.9. The van der Waals surface area contributed by atoms with Gasteiger partial charge < -0.3 is 10.0 Å². The minimum absolute atomic E-state index is 0.113. The van der Waals surface area contributed by atoms with Gasteiger partial charge in [0, 0.05) is 12.5 Å². The summed E-state index contributed by atoms with van der Waals surface area (Å²) in [4.78, 5) is 26.4. The van der Waals surface area contributed by atoms with Crippen molar-refractivity contribution in [2.24, 2.45) is 17.8 Å². The average Bonchev–Trinajstić information content (AvgIpc) is 3.12. The lowest BCUT2D eigenvalue weighted by Gasteiger charge is -2.37. The van der Waals surface area contributed by atoms with E-state index in [1.54, 1.807) is 4.90 Å². The maximum Gasteiger partial charge on any atom is 0.329 e. The van der Waals surface area contributed by atoms with Gasteiger partial charge in [-0.1, -0.05) is 19.8 Å². The molecule has 0 aromatic carbocycles. The highest BCUT2D eigenvalue weighted by atomic mass is 16.4. The molecule has 20 heavy (non-hydrogen) atoms. The fraction of sp³-hybridized carbons (Fsp3) is 0.875. The molecule has 0 aromatic rings. The monoisotopic (exact) mass is 279 g/mol. The van der Waals surface area contributed by atoms with Gasteiger partial charge in [0.15, 0.2) is 0 Å². The molecule has 3 fully saturated rings. The summed E-state index contributed by atoms with van der Waals surface area (Å²) in [7, 11) is 0. The van der Waals surface area contributed by atoms with Crippen molar-refractivity contribution in [3.63, 3.8) is 0 Å². The zero-order chi connectivity index (χ0) is 14.3. The van der Waals surface area contributed by atoms with E-state index < -0.39 is 11.5 Å². The lowest BCUT2D eigenvalue weighted by molar-refractivity contribution is -0.159. The number of likely N-dealkylation sites (tertiary alicyclic amines) is 1.